The van der Waals surface area contributed by atoms with E-state index in [1.807, 2.05) is 0 Å². The second-order valence-corrected chi connectivity index (χ2v) is 6.83. The van der Waals surface area contributed by atoms with Crippen LogP contribution in [0.25, 0.3) is 0 Å². The summed E-state index contributed by atoms with van der Waals surface area (Å²) in [5.41, 5.74) is 0. The Morgan fingerprint density at radius 1 is 1.13 bits per heavy atom. The van der Waals surface area contributed by atoms with E-state index in [2.05, 4.69) is 11.9 Å². The van der Waals surface area contributed by atoms with Crippen LogP contribution in [0.1, 0.15) is 78.1 Å². The Hall–Kier alpha value is -0.940. The van der Waals surface area contributed by atoms with Gasteiger partial charge in [0, 0.05) is 6.92 Å². The number of nitrogens with zero attached hydrogens (tertiary/aromatic N) is 2. The van der Waals surface area contributed by atoms with Gasteiger partial charge in [0.25, 0.3) is 0 Å². The van der Waals surface area contributed by atoms with Gasteiger partial charge in [-0.1, -0.05) is 64.7 Å². The van der Waals surface area contributed by atoms with E-state index in [0.29, 0.717) is 12.4 Å². The molecule has 0 aromatic heterocycles. The zero-order valence-electron chi connectivity index (χ0n) is 15.0. The molecule has 1 amide bonds. The first-order valence-corrected chi connectivity index (χ1v) is 9.33. The number of amidine groups is 1. The number of rotatable bonds is 12. The molecule has 2 N–H and O–H groups in total. The van der Waals surface area contributed by atoms with Crippen LogP contribution >= 0.6 is 0 Å². The first-order valence-electron chi connectivity index (χ1n) is 9.33. The molecule has 1 aliphatic rings. The molecule has 0 aromatic rings. The number of aliphatic hydroxyl groups excluding tert-OH is 1. The van der Waals surface area contributed by atoms with Gasteiger partial charge in [-0.3, -0.25) is 0 Å². The average Bonchev–Trinajstić information content (AvgIpc) is 2.83. The Morgan fingerprint density at radius 2 is 1.70 bits per heavy atom. The molecule has 5 nitrogen and oxygen atoms in total. The van der Waals surface area contributed by atoms with Crippen molar-refractivity contribution in [3.63, 3.8) is 0 Å². The topological polar surface area (TPSA) is 69.9 Å². The fourth-order valence-corrected chi connectivity index (χ4v) is 3.49. The van der Waals surface area contributed by atoms with Crippen molar-refractivity contribution in [3.05, 3.63) is 0 Å². The fraction of sp³-hybridized carbons (Fsp3) is 0.889. The van der Waals surface area contributed by atoms with Crippen LogP contribution in [-0.4, -0.2) is 52.4 Å². The smallest absolute Gasteiger partial charge is 0.435 e. The molecule has 23 heavy (non-hydrogen) atoms. The molecule has 0 saturated heterocycles. The minimum atomic E-state index is -0.894. The van der Waals surface area contributed by atoms with Crippen LogP contribution in [0.2, 0.25) is 0 Å². The van der Waals surface area contributed by atoms with E-state index in [1.54, 1.807) is 6.92 Å². The predicted octanol–water partition coefficient (Wildman–Crippen LogP) is 4.20. The Balaban J connectivity index is 2.19. The van der Waals surface area contributed by atoms with Gasteiger partial charge < -0.3 is 10.2 Å². The van der Waals surface area contributed by atoms with Crippen LogP contribution in [0.15, 0.2) is 4.99 Å². The zero-order valence-corrected chi connectivity index (χ0v) is 15.0. The fourth-order valence-electron chi connectivity index (χ4n) is 3.49. The van der Waals surface area contributed by atoms with E-state index in [-0.39, 0.29) is 23.7 Å². The summed E-state index contributed by atoms with van der Waals surface area (Å²) in [7, 11) is 0. The second-order valence-electron chi connectivity index (χ2n) is 6.83. The van der Waals surface area contributed by atoms with Crippen LogP contribution < -0.4 is 0 Å². The highest BCUT2D eigenvalue weighted by Gasteiger charge is 2.46. The second kappa shape index (κ2) is 10.8. The van der Waals surface area contributed by atoms with Gasteiger partial charge in [0.05, 0.1) is 6.61 Å². The lowest BCUT2D eigenvalue weighted by molar-refractivity contribution is -0.763. The quantitative estimate of drug-likeness (QED) is 0.417. The summed E-state index contributed by atoms with van der Waals surface area (Å²) in [5, 5.41) is 18.7. The number of carbonyl (C=O) groups is 1. The number of hydrogen-bond donors (Lipinski definition) is 2. The molecule has 0 saturated carbocycles. The van der Waals surface area contributed by atoms with Crippen LogP contribution in [0, 0.1) is 0 Å². The molecule has 0 aromatic carbocycles. The highest BCUT2D eigenvalue weighted by Crippen LogP contribution is 2.24. The van der Waals surface area contributed by atoms with Crippen molar-refractivity contribution in [1.29, 1.82) is 0 Å². The van der Waals surface area contributed by atoms with Crippen LogP contribution in [0.4, 0.5) is 4.79 Å². The van der Waals surface area contributed by atoms with Crippen LogP contribution in [0.3, 0.4) is 0 Å². The van der Waals surface area contributed by atoms with Crippen LogP contribution in [-0.2, 0) is 0 Å². The van der Waals surface area contributed by atoms with Crippen molar-refractivity contribution in [2.75, 3.05) is 19.7 Å². The molecular weight excluding hydrogens is 292 g/mol. The van der Waals surface area contributed by atoms with Gasteiger partial charge in [-0.05, 0) is 6.42 Å². The first-order chi connectivity index (χ1) is 11.1. The van der Waals surface area contributed by atoms with E-state index in [4.69, 9.17) is 5.11 Å². The Labute approximate surface area is 141 Å². The number of carboxylic acid groups (broad SMARTS) is 1. The molecule has 2 atom stereocenters. The first kappa shape index (κ1) is 20.1. The summed E-state index contributed by atoms with van der Waals surface area (Å²) in [6, 6.07) is 0.0993. The normalized spacial score (nSPS) is 24.0. The van der Waals surface area contributed by atoms with Gasteiger partial charge in [0.1, 0.15) is 19.1 Å². The third-order valence-corrected chi connectivity index (χ3v) is 5.00. The van der Waals surface area contributed by atoms with Crippen LogP contribution in [0.5, 0.6) is 0 Å². The number of amides is 1. The van der Waals surface area contributed by atoms with E-state index >= 15 is 0 Å². The van der Waals surface area contributed by atoms with Gasteiger partial charge in [0.2, 0.25) is 5.84 Å². The summed E-state index contributed by atoms with van der Waals surface area (Å²) >= 11 is 0. The van der Waals surface area contributed by atoms with E-state index < -0.39 is 6.09 Å². The van der Waals surface area contributed by atoms with E-state index in [9.17, 15) is 9.90 Å². The molecule has 5 heteroatoms. The molecule has 1 aliphatic heterocycles. The average molecular weight is 327 g/mol. The largest absolute Gasteiger partial charge is 0.519 e. The van der Waals surface area contributed by atoms with Crippen molar-refractivity contribution in [3.8, 4) is 0 Å². The van der Waals surface area contributed by atoms with E-state index in [1.165, 1.54) is 51.4 Å². The monoisotopic (exact) mass is 327 g/mol. The molecule has 0 aliphatic carbocycles. The molecule has 0 bridgehead atoms. The SMILES string of the molecule is CCCCCCCCCCCC1C[N+](CCO)(C(=O)O)C(C)=N1. The zero-order chi connectivity index (χ0) is 17.1. The maximum absolute atomic E-state index is 11.6. The van der Waals surface area contributed by atoms with Gasteiger partial charge in [-0.2, -0.15) is 9.28 Å². The molecule has 1 heterocycles. The molecule has 0 spiro atoms. The predicted molar refractivity (Wildman–Crippen MR) is 93.8 cm³/mol. The minimum absolute atomic E-state index is 0.0993. The van der Waals surface area contributed by atoms with Gasteiger partial charge in [0.15, 0.2) is 0 Å². The van der Waals surface area contributed by atoms with E-state index in [0.717, 1.165) is 12.8 Å². The Bertz CT molecular complexity index is 384. The number of aliphatic imine (C=N–C) groups is 1. The molecule has 0 radical (unpaired) electrons. The minimum Gasteiger partial charge on any atom is -0.435 e. The lowest BCUT2D eigenvalue weighted by Crippen LogP contribution is -2.56. The number of quaternary nitrogens is 1. The maximum Gasteiger partial charge on any atom is 0.519 e. The summed E-state index contributed by atoms with van der Waals surface area (Å²) < 4.78 is -0.182. The van der Waals surface area contributed by atoms with Crippen molar-refractivity contribution in [2.24, 2.45) is 4.99 Å². The molecule has 134 valence electrons. The Kier molecular flexibility index (Phi) is 9.41. The summed E-state index contributed by atoms with van der Waals surface area (Å²) in [5.74, 6) is 0.632. The highest BCUT2D eigenvalue weighted by atomic mass is 16.4. The van der Waals surface area contributed by atoms with Crippen molar-refractivity contribution in [1.82, 2.24) is 0 Å². The summed E-state index contributed by atoms with van der Waals surface area (Å²) in [6.45, 7) is 4.62. The maximum atomic E-state index is 11.6. The number of unbranched alkanes of at least 4 members (excludes halogenated alkanes) is 8. The lowest BCUT2D eigenvalue weighted by atomic mass is 10.0. The molecule has 1 rings (SSSR count). The molecule has 0 fully saturated rings. The van der Waals surface area contributed by atoms with Crippen molar-refractivity contribution >= 4 is 11.9 Å². The standard InChI is InChI=1S/C18H34N2O3/c1-3-4-5-6-7-8-9-10-11-12-17-15-20(13-14-21,18(22)23)16(2)19-17/h17,21H,3-15H2,1-2H3/p+1. The molecule has 2 unspecified atom stereocenters. The van der Waals surface area contributed by atoms with Gasteiger partial charge in [-0.25, -0.2) is 4.99 Å². The van der Waals surface area contributed by atoms with Crippen molar-refractivity contribution < 1.29 is 19.5 Å². The molecular formula is C18H35N2O3+. The van der Waals surface area contributed by atoms with Gasteiger partial charge >= 0.3 is 6.09 Å². The van der Waals surface area contributed by atoms with Crippen molar-refractivity contribution in [2.45, 2.75) is 84.1 Å². The number of hydrogen-bond acceptors (Lipinski definition) is 3. The number of aliphatic hydroxyl groups is 1. The Morgan fingerprint density at radius 3 is 2.22 bits per heavy atom. The van der Waals surface area contributed by atoms with Gasteiger partial charge in [-0.15, -0.1) is 0 Å². The third-order valence-electron chi connectivity index (χ3n) is 5.00. The lowest BCUT2D eigenvalue weighted by Gasteiger charge is -2.26. The third kappa shape index (κ3) is 6.22. The summed E-state index contributed by atoms with van der Waals surface area (Å²) in [4.78, 5) is 16.1. The highest BCUT2D eigenvalue weighted by molar-refractivity contribution is 5.84. The summed E-state index contributed by atoms with van der Waals surface area (Å²) in [6.07, 6.45) is 11.7.